The molecule has 0 aromatic carbocycles. The summed E-state index contributed by atoms with van der Waals surface area (Å²) in [5.41, 5.74) is 0. The van der Waals surface area contributed by atoms with Crippen molar-refractivity contribution >= 4 is 11.9 Å². The number of carboxylic acid groups (broad SMARTS) is 1. The van der Waals surface area contributed by atoms with E-state index >= 15 is 0 Å². The van der Waals surface area contributed by atoms with Crippen molar-refractivity contribution in [2.75, 3.05) is 6.54 Å². The van der Waals surface area contributed by atoms with Crippen LogP contribution in [-0.2, 0) is 9.59 Å². The van der Waals surface area contributed by atoms with Gasteiger partial charge in [-0.1, -0.05) is 38.3 Å². The van der Waals surface area contributed by atoms with E-state index in [-0.39, 0.29) is 23.7 Å². The maximum atomic E-state index is 12.2. The van der Waals surface area contributed by atoms with Gasteiger partial charge in [-0.25, -0.2) is 0 Å². The molecule has 2 bridgehead atoms. The van der Waals surface area contributed by atoms with E-state index in [4.69, 9.17) is 0 Å². The number of aliphatic carboxylic acids is 1. The highest BCUT2D eigenvalue weighted by molar-refractivity contribution is 5.86. The normalized spacial score (nSPS) is 31.6. The lowest BCUT2D eigenvalue weighted by molar-refractivity contribution is -0.147. The number of amides is 1. The first kappa shape index (κ1) is 14.1. The number of fused-ring (bicyclic) bond motifs is 2. The van der Waals surface area contributed by atoms with Crippen LogP contribution in [0.15, 0.2) is 12.2 Å². The van der Waals surface area contributed by atoms with E-state index in [1.54, 1.807) is 0 Å². The fraction of sp³-hybridized carbons (Fsp3) is 0.733. The minimum atomic E-state index is -0.831. The molecular weight excluding hydrogens is 242 g/mol. The molecule has 2 aliphatic carbocycles. The molecule has 4 nitrogen and oxygen atoms in total. The number of hydrogen-bond acceptors (Lipinski definition) is 2. The second kappa shape index (κ2) is 6.22. The minimum absolute atomic E-state index is 0.0540. The number of carbonyl (C=O) groups excluding carboxylic acids is 1. The SMILES string of the molecule is CCCCCCNC(=O)[C@@H]1[C@@H](C(=O)O)[C@H]2C=C[C@H]1C2. The number of nitrogens with one attached hydrogen (secondary N) is 1. The molecule has 1 fully saturated rings. The monoisotopic (exact) mass is 265 g/mol. The van der Waals surface area contributed by atoms with E-state index in [0.29, 0.717) is 6.54 Å². The maximum Gasteiger partial charge on any atom is 0.307 e. The van der Waals surface area contributed by atoms with Crippen LogP contribution in [0, 0.1) is 23.7 Å². The van der Waals surface area contributed by atoms with Crippen molar-refractivity contribution in [2.45, 2.75) is 39.0 Å². The van der Waals surface area contributed by atoms with Crippen molar-refractivity contribution < 1.29 is 14.7 Å². The first-order valence-electron chi connectivity index (χ1n) is 7.34. The molecule has 0 unspecified atom stereocenters. The number of hydrogen-bond donors (Lipinski definition) is 2. The molecule has 1 saturated carbocycles. The molecule has 2 aliphatic rings. The molecule has 0 aliphatic heterocycles. The van der Waals surface area contributed by atoms with Gasteiger partial charge < -0.3 is 10.4 Å². The number of carbonyl (C=O) groups is 2. The molecule has 4 atom stereocenters. The van der Waals surface area contributed by atoms with Crippen molar-refractivity contribution in [2.24, 2.45) is 23.7 Å². The van der Waals surface area contributed by atoms with Crippen LogP contribution in [0.25, 0.3) is 0 Å². The smallest absolute Gasteiger partial charge is 0.307 e. The third-order valence-corrected chi connectivity index (χ3v) is 4.38. The molecule has 0 spiro atoms. The highest BCUT2D eigenvalue weighted by Gasteiger charge is 2.51. The van der Waals surface area contributed by atoms with E-state index in [1.807, 2.05) is 12.2 Å². The summed E-state index contributed by atoms with van der Waals surface area (Å²) >= 11 is 0. The van der Waals surface area contributed by atoms with Crippen LogP contribution in [0.1, 0.15) is 39.0 Å². The van der Waals surface area contributed by atoms with Crippen LogP contribution in [0.2, 0.25) is 0 Å². The molecular formula is C15H23NO3. The number of unbranched alkanes of at least 4 members (excludes halogenated alkanes) is 3. The summed E-state index contributed by atoms with van der Waals surface area (Å²) in [6.45, 7) is 2.82. The quantitative estimate of drug-likeness (QED) is 0.548. The largest absolute Gasteiger partial charge is 0.481 e. The molecule has 2 N–H and O–H groups in total. The first-order valence-corrected chi connectivity index (χ1v) is 7.34. The van der Waals surface area contributed by atoms with Crippen LogP contribution in [0.3, 0.4) is 0 Å². The Morgan fingerprint density at radius 3 is 2.47 bits per heavy atom. The first-order chi connectivity index (χ1) is 9.15. The predicted octanol–water partition coefficient (Wildman–Crippen LogP) is 2.21. The summed E-state index contributed by atoms with van der Waals surface area (Å²) in [6.07, 6.45) is 9.27. The average molecular weight is 265 g/mol. The summed E-state index contributed by atoms with van der Waals surface area (Å²) in [4.78, 5) is 23.5. The third-order valence-electron chi connectivity index (χ3n) is 4.38. The zero-order chi connectivity index (χ0) is 13.8. The Morgan fingerprint density at radius 1 is 1.16 bits per heavy atom. The molecule has 0 heterocycles. The van der Waals surface area contributed by atoms with Gasteiger partial charge in [0.05, 0.1) is 11.8 Å². The Hall–Kier alpha value is -1.32. The summed E-state index contributed by atoms with van der Waals surface area (Å²) in [5.74, 6) is -1.60. The summed E-state index contributed by atoms with van der Waals surface area (Å²) in [5, 5.41) is 12.2. The summed E-state index contributed by atoms with van der Waals surface area (Å²) < 4.78 is 0. The van der Waals surface area contributed by atoms with Gasteiger partial charge in [-0.2, -0.15) is 0 Å². The lowest BCUT2D eigenvalue weighted by Crippen LogP contribution is -2.40. The van der Waals surface area contributed by atoms with Crippen LogP contribution in [0.5, 0.6) is 0 Å². The Bertz CT molecular complexity index is 378. The fourth-order valence-electron chi connectivity index (χ4n) is 3.40. The zero-order valence-electron chi connectivity index (χ0n) is 11.5. The van der Waals surface area contributed by atoms with Gasteiger partial charge >= 0.3 is 5.97 Å². The second-order valence-electron chi connectivity index (χ2n) is 5.69. The maximum absolute atomic E-state index is 12.2. The Morgan fingerprint density at radius 2 is 1.84 bits per heavy atom. The Balaban J connectivity index is 1.84. The van der Waals surface area contributed by atoms with Gasteiger partial charge in [0.1, 0.15) is 0 Å². The number of carboxylic acids is 1. The average Bonchev–Trinajstić information content (AvgIpc) is 2.98. The number of allylic oxidation sites excluding steroid dienone is 2. The Kier molecular flexibility index (Phi) is 4.61. The molecule has 0 aromatic rings. The highest BCUT2D eigenvalue weighted by Crippen LogP contribution is 2.48. The van der Waals surface area contributed by atoms with Gasteiger partial charge in [-0.05, 0) is 24.7 Å². The highest BCUT2D eigenvalue weighted by atomic mass is 16.4. The molecule has 0 saturated heterocycles. The molecule has 106 valence electrons. The van der Waals surface area contributed by atoms with Gasteiger partial charge in [-0.3, -0.25) is 9.59 Å². The molecule has 2 rings (SSSR count). The van der Waals surface area contributed by atoms with Crippen LogP contribution >= 0.6 is 0 Å². The summed E-state index contributed by atoms with van der Waals surface area (Å²) in [6, 6.07) is 0. The van der Waals surface area contributed by atoms with Crippen molar-refractivity contribution in [3.8, 4) is 0 Å². The Labute approximate surface area is 114 Å². The van der Waals surface area contributed by atoms with E-state index in [9.17, 15) is 14.7 Å². The van der Waals surface area contributed by atoms with Crippen LogP contribution < -0.4 is 5.32 Å². The van der Waals surface area contributed by atoms with Crippen molar-refractivity contribution in [1.82, 2.24) is 5.32 Å². The third kappa shape index (κ3) is 2.99. The van der Waals surface area contributed by atoms with Crippen molar-refractivity contribution in [3.63, 3.8) is 0 Å². The van der Waals surface area contributed by atoms with Crippen LogP contribution in [0.4, 0.5) is 0 Å². The zero-order valence-corrected chi connectivity index (χ0v) is 11.5. The molecule has 19 heavy (non-hydrogen) atoms. The van der Waals surface area contributed by atoms with Crippen molar-refractivity contribution in [1.29, 1.82) is 0 Å². The van der Waals surface area contributed by atoms with E-state index in [1.165, 1.54) is 12.8 Å². The topological polar surface area (TPSA) is 66.4 Å². The molecule has 4 heteroatoms. The molecule has 1 amide bonds. The van der Waals surface area contributed by atoms with Gasteiger partial charge in [-0.15, -0.1) is 0 Å². The lowest BCUT2D eigenvalue weighted by Gasteiger charge is -2.23. The van der Waals surface area contributed by atoms with Gasteiger partial charge in [0.15, 0.2) is 0 Å². The predicted molar refractivity (Wildman–Crippen MR) is 72.5 cm³/mol. The van der Waals surface area contributed by atoms with E-state index in [0.717, 1.165) is 19.3 Å². The van der Waals surface area contributed by atoms with Gasteiger partial charge in [0.2, 0.25) is 5.91 Å². The van der Waals surface area contributed by atoms with E-state index in [2.05, 4.69) is 12.2 Å². The minimum Gasteiger partial charge on any atom is -0.481 e. The van der Waals surface area contributed by atoms with Gasteiger partial charge in [0, 0.05) is 6.54 Å². The van der Waals surface area contributed by atoms with Gasteiger partial charge in [0.25, 0.3) is 0 Å². The van der Waals surface area contributed by atoms with E-state index < -0.39 is 11.9 Å². The standard InChI is InChI=1S/C15H23NO3/c1-2-3-4-5-8-16-14(17)12-10-6-7-11(9-10)13(12)15(18)19/h6-7,10-13H,2-5,8-9H2,1H3,(H,16,17)(H,18,19)/t10-,11-,12-,13-/m0/s1. The second-order valence-corrected chi connectivity index (χ2v) is 5.69. The lowest BCUT2D eigenvalue weighted by atomic mass is 9.82. The van der Waals surface area contributed by atoms with Crippen LogP contribution in [-0.4, -0.2) is 23.5 Å². The van der Waals surface area contributed by atoms with Crippen molar-refractivity contribution in [3.05, 3.63) is 12.2 Å². The molecule has 0 aromatic heterocycles. The number of rotatable bonds is 7. The molecule has 0 radical (unpaired) electrons. The summed E-state index contributed by atoms with van der Waals surface area (Å²) in [7, 11) is 0. The fourth-order valence-corrected chi connectivity index (χ4v) is 3.40.